The van der Waals surface area contributed by atoms with E-state index in [1.54, 1.807) is 0 Å². The van der Waals surface area contributed by atoms with Gasteiger partial charge in [0.25, 0.3) is 0 Å². The third kappa shape index (κ3) is 2.77. The van der Waals surface area contributed by atoms with Crippen LogP contribution in [0.15, 0.2) is 0 Å². The maximum Gasteiger partial charge on any atom is 0.0706 e. The average Bonchev–Trinajstić information content (AvgIpc) is 1.93. The van der Waals surface area contributed by atoms with E-state index in [4.69, 9.17) is 0 Å². The van der Waals surface area contributed by atoms with E-state index in [1.165, 1.54) is 0 Å². The monoisotopic (exact) mass is 158 g/mol. The smallest absolute Gasteiger partial charge is 0.0706 e. The number of aliphatic hydroxyl groups is 1. The van der Waals surface area contributed by atoms with Crippen LogP contribution in [0.1, 0.15) is 12.8 Å². The first-order valence-electron chi connectivity index (χ1n) is 4.26. The van der Waals surface area contributed by atoms with E-state index in [0.717, 1.165) is 25.9 Å². The van der Waals surface area contributed by atoms with E-state index in [9.17, 15) is 5.11 Å². The topological polar surface area (TPSA) is 35.5 Å². The third-order valence-corrected chi connectivity index (χ3v) is 2.11. The molecule has 0 aromatic heterocycles. The maximum absolute atomic E-state index is 9.53. The molecule has 0 aromatic rings. The van der Waals surface area contributed by atoms with Gasteiger partial charge in [0.2, 0.25) is 0 Å². The van der Waals surface area contributed by atoms with Crippen LogP contribution < -0.4 is 5.32 Å². The van der Waals surface area contributed by atoms with Crippen molar-refractivity contribution in [1.82, 2.24) is 10.2 Å². The summed E-state index contributed by atoms with van der Waals surface area (Å²) >= 11 is 0. The molecule has 66 valence electrons. The van der Waals surface area contributed by atoms with E-state index < -0.39 is 0 Å². The lowest BCUT2D eigenvalue weighted by molar-refractivity contribution is 0.0831. The van der Waals surface area contributed by atoms with Gasteiger partial charge in [0, 0.05) is 12.6 Å². The summed E-state index contributed by atoms with van der Waals surface area (Å²) in [5.41, 5.74) is 0. The first-order valence-corrected chi connectivity index (χ1v) is 4.26. The molecule has 0 radical (unpaired) electrons. The quantitative estimate of drug-likeness (QED) is 0.577. The van der Waals surface area contributed by atoms with Crippen molar-refractivity contribution in [3.05, 3.63) is 0 Å². The molecule has 1 saturated heterocycles. The van der Waals surface area contributed by atoms with E-state index in [0.29, 0.717) is 0 Å². The van der Waals surface area contributed by atoms with E-state index in [2.05, 4.69) is 10.2 Å². The van der Waals surface area contributed by atoms with Gasteiger partial charge in [0.1, 0.15) is 0 Å². The van der Waals surface area contributed by atoms with Crippen molar-refractivity contribution >= 4 is 0 Å². The molecule has 1 rings (SSSR count). The summed E-state index contributed by atoms with van der Waals surface area (Å²) in [6.07, 6.45) is 1.91. The Kier molecular flexibility index (Phi) is 3.30. The lowest BCUT2D eigenvalue weighted by atomic mass is 10.0. The molecule has 3 heteroatoms. The van der Waals surface area contributed by atoms with Gasteiger partial charge in [0.15, 0.2) is 0 Å². The number of nitrogens with zero attached hydrogens (tertiary/aromatic N) is 1. The third-order valence-electron chi connectivity index (χ3n) is 2.11. The van der Waals surface area contributed by atoms with Crippen molar-refractivity contribution in [2.75, 3.05) is 27.2 Å². The molecule has 0 aliphatic carbocycles. The minimum absolute atomic E-state index is 0.147. The molecule has 0 bridgehead atoms. The number of nitrogens with one attached hydrogen (secondary N) is 1. The Balaban J connectivity index is 2.29. The fourth-order valence-corrected chi connectivity index (χ4v) is 1.52. The van der Waals surface area contributed by atoms with Crippen molar-refractivity contribution in [2.45, 2.75) is 25.0 Å². The molecular formula is C8H18N2O. The lowest BCUT2D eigenvalue weighted by Gasteiger charge is -2.30. The fraction of sp³-hybridized carbons (Fsp3) is 1.00. The first-order chi connectivity index (χ1) is 5.20. The number of piperidine rings is 1. The highest BCUT2D eigenvalue weighted by atomic mass is 16.3. The van der Waals surface area contributed by atoms with Crippen LogP contribution in [0.2, 0.25) is 0 Å². The van der Waals surface area contributed by atoms with Crippen LogP contribution in [-0.4, -0.2) is 49.3 Å². The second-order valence-electron chi connectivity index (χ2n) is 3.53. The summed E-state index contributed by atoms with van der Waals surface area (Å²) in [6, 6.07) is 0.277. The zero-order valence-electron chi connectivity index (χ0n) is 7.38. The Bertz CT molecular complexity index is 117. The van der Waals surface area contributed by atoms with E-state index >= 15 is 0 Å². The summed E-state index contributed by atoms with van der Waals surface area (Å²) < 4.78 is 0. The molecule has 2 N–H and O–H groups in total. The summed E-state index contributed by atoms with van der Waals surface area (Å²) in [7, 11) is 4.06. The van der Waals surface area contributed by atoms with Crippen molar-refractivity contribution in [2.24, 2.45) is 0 Å². The van der Waals surface area contributed by atoms with Gasteiger partial charge in [0.05, 0.1) is 6.10 Å². The van der Waals surface area contributed by atoms with E-state index in [1.807, 2.05) is 14.1 Å². The summed E-state index contributed by atoms with van der Waals surface area (Å²) in [5.74, 6) is 0. The Morgan fingerprint density at radius 2 is 2.27 bits per heavy atom. The molecule has 1 fully saturated rings. The predicted octanol–water partition coefficient (Wildman–Crippen LogP) is -0.339. The van der Waals surface area contributed by atoms with Crippen molar-refractivity contribution in [3.8, 4) is 0 Å². The molecule has 3 nitrogen and oxygen atoms in total. The van der Waals surface area contributed by atoms with Crippen LogP contribution >= 0.6 is 0 Å². The molecule has 0 aromatic carbocycles. The summed E-state index contributed by atoms with van der Waals surface area (Å²) in [4.78, 5) is 2.10. The average molecular weight is 158 g/mol. The zero-order chi connectivity index (χ0) is 8.27. The van der Waals surface area contributed by atoms with Crippen LogP contribution in [0.5, 0.6) is 0 Å². The molecular weight excluding hydrogens is 140 g/mol. The molecule has 11 heavy (non-hydrogen) atoms. The molecule has 2 atom stereocenters. The molecule has 0 amide bonds. The molecule has 1 aliphatic rings. The van der Waals surface area contributed by atoms with Gasteiger partial charge >= 0.3 is 0 Å². The highest BCUT2D eigenvalue weighted by molar-refractivity contribution is 4.81. The lowest BCUT2D eigenvalue weighted by Crippen LogP contribution is -2.50. The van der Waals surface area contributed by atoms with Gasteiger partial charge in [-0.2, -0.15) is 0 Å². The van der Waals surface area contributed by atoms with Crippen LogP contribution in [0, 0.1) is 0 Å². The van der Waals surface area contributed by atoms with Crippen LogP contribution in [0.4, 0.5) is 0 Å². The van der Waals surface area contributed by atoms with E-state index in [-0.39, 0.29) is 12.1 Å². The van der Waals surface area contributed by atoms with Gasteiger partial charge in [-0.25, -0.2) is 0 Å². The number of aliphatic hydroxyl groups excluding tert-OH is 1. The highest BCUT2D eigenvalue weighted by Gasteiger charge is 2.22. The normalized spacial score (nSPS) is 32.7. The van der Waals surface area contributed by atoms with Crippen molar-refractivity contribution < 1.29 is 5.11 Å². The number of rotatable bonds is 2. The zero-order valence-corrected chi connectivity index (χ0v) is 7.38. The minimum Gasteiger partial charge on any atom is -0.391 e. The van der Waals surface area contributed by atoms with Gasteiger partial charge in [-0.05, 0) is 33.5 Å². The van der Waals surface area contributed by atoms with Gasteiger partial charge in [-0.15, -0.1) is 0 Å². The number of hydrogen-bond acceptors (Lipinski definition) is 3. The minimum atomic E-state index is -0.147. The SMILES string of the molecule is CN(C)CC1NCCCC1O. The largest absolute Gasteiger partial charge is 0.391 e. The summed E-state index contributed by atoms with van der Waals surface area (Å²) in [6.45, 7) is 1.98. The number of likely N-dealkylation sites (N-methyl/N-ethyl adjacent to an activating group) is 1. The maximum atomic E-state index is 9.53. The van der Waals surface area contributed by atoms with Crippen LogP contribution in [0.3, 0.4) is 0 Å². The van der Waals surface area contributed by atoms with Crippen molar-refractivity contribution in [3.63, 3.8) is 0 Å². The fourth-order valence-electron chi connectivity index (χ4n) is 1.52. The molecule has 0 spiro atoms. The van der Waals surface area contributed by atoms with Gasteiger partial charge < -0.3 is 15.3 Å². The molecule has 0 saturated carbocycles. The van der Waals surface area contributed by atoms with Gasteiger partial charge in [-0.3, -0.25) is 0 Å². The number of hydrogen-bond donors (Lipinski definition) is 2. The molecule has 2 unspecified atom stereocenters. The molecule has 1 heterocycles. The second-order valence-corrected chi connectivity index (χ2v) is 3.53. The predicted molar refractivity (Wildman–Crippen MR) is 45.6 cm³/mol. The Morgan fingerprint density at radius 3 is 2.82 bits per heavy atom. The van der Waals surface area contributed by atoms with Crippen molar-refractivity contribution in [1.29, 1.82) is 0 Å². The summed E-state index contributed by atoms with van der Waals surface area (Å²) in [5, 5.41) is 12.8. The molecule has 1 aliphatic heterocycles. The standard InChI is InChI=1S/C8H18N2O/c1-10(2)6-7-8(11)4-3-5-9-7/h7-9,11H,3-6H2,1-2H3. The Morgan fingerprint density at radius 1 is 1.55 bits per heavy atom. The van der Waals surface area contributed by atoms with Crippen LogP contribution in [0.25, 0.3) is 0 Å². The Labute approximate surface area is 68.4 Å². The van der Waals surface area contributed by atoms with Crippen LogP contribution in [-0.2, 0) is 0 Å². The highest BCUT2D eigenvalue weighted by Crippen LogP contribution is 2.08. The van der Waals surface area contributed by atoms with Gasteiger partial charge in [-0.1, -0.05) is 0 Å². The first kappa shape index (κ1) is 8.97. The Hall–Kier alpha value is -0.120. The second kappa shape index (κ2) is 4.04.